The normalized spacial score (nSPS) is 10.4. The van der Waals surface area contributed by atoms with Gasteiger partial charge in [0.15, 0.2) is 5.92 Å². The molecule has 0 radical (unpaired) electrons. The van der Waals surface area contributed by atoms with E-state index in [4.69, 9.17) is 9.47 Å². The zero-order valence-electron chi connectivity index (χ0n) is 10.6. The van der Waals surface area contributed by atoms with Gasteiger partial charge in [0.1, 0.15) is 5.82 Å². The molecule has 104 valence electrons. The topological polar surface area (TPSA) is 52.6 Å². The van der Waals surface area contributed by atoms with Crippen LogP contribution in [0.25, 0.3) is 0 Å². The molecule has 19 heavy (non-hydrogen) atoms. The van der Waals surface area contributed by atoms with Crippen LogP contribution in [-0.2, 0) is 19.1 Å². The smallest absolute Gasteiger partial charge is 0.324 e. The molecule has 0 aliphatic rings. The summed E-state index contributed by atoms with van der Waals surface area (Å²) < 4.78 is 23.8. The fraction of sp³-hybridized carbons (Fsp3) is 0.385. The van der Waals surface area contributed by atoms with Gasteiger partial charge in [-0.05, 0) is 35.8 Å². The number of halogens is 2. The monoisotopic (exact) mass is 332 g/mol. The van der Waals surface area contributed by atoms with Gasteiger partial charge in [-0.25, -0.2) is 4.39 Å². The van der Waals surface area contributed by atoms with E-state index in [1.165, 1.54) is 18.2 Å². The Morgan fingerprint density at radius 3 is 2.21 bits per heavy atom. The fourth-order valence-corrected chi connectivity index (χ4v) is 1.93. The lowest BCUT2D eigenvalue weighted by molar-refractivity contribution is -0.157. The Balaban J connectivity index is 3.19. The average Bonchev–Trinajstić information content (AvgIpc) is 2.35. The number of carbonyl (C=O) groups is 2. The van der Waals surface area contributed by atoms with Gasteiger partial charge in [-0.2, -0.15) is 0 Å². The van der Waals surface area contributed by atoms with Gasteiger partial charge >= 0.3 is 11.9 Å². The standard InChI is InChI=1S/C13H14BrFO4/c1-3-18-12(16)10(13(17)19-4-2)8-6-5-7-9(14)11(8)15/h5-7,10H,3-4H2,1-2H3. The summed E-state index contributed by atoms with van der Waals surface area (Å²) in [4.78, 5) is 23.6. The van der Waals surface area contributed by atoms with Crippen molar-refractivity contribution >= 4 is 27.9 Å². The van der Waals surface area contributed by atoms with Crippen LogP contribution in [0, 0.1) is 5.82 Å². The van der Waals surface area contributed by atoms with E-state index in [1.54, 1.807) is 13.8 Å². The molecule has 0 fully saturated rings. The number of esters is 2. The molecule has 0 saturated carbocycles. The summed E-state index contributed by atoms with van der Waals surface area (Å²) in [5.74, 6) is -3.72. The lowest BCUT2D eigenvalue weighted by Crippen LogP contribution is -2.27. The van der Waals surface area contributed by atoms with Crippen LogP contribution in [-0.4, -0.2) is 25.2 Å². The molecule has 0 unspecified atom stereocenters. The Morgan fingerprint density at radius 2 is 1.74 bits per heavy atom. The van der Waals surface area contributed by atoms with Crippen molar-refractivity contribution in [3.8, 4) is 0 Å². The van der Waals surface area contributed by atoms with Crippen molar-refractivity contribution in [2.45, 2.75) is 19.8 Å². The minimum Gasteiger partial charge on any atom is -0.465 e. The van der Waals surface area contributed by atoms with Crippen molar-refractivity contribution in [3.63, 3.8) is 0 Å². The van der Waals surface area contributed by atoms with Gasteiger partial charge in [-0.1, -0.05) is 12.1 Å². The minimum atomic E-state index is -1.41. The Labute approximate surface area is 119 Å². The maximum absolute atomic E-state index is 14.0. The van der Waals surface area contributed by atoms with Crippen LogP contribution in [0.5, 0.6) is 0 Å². The number of ether oxygens (including phenoxy) is 2. The predicted octanol–water partition coefficient (Wildman–Crippen LogP) is 2.80. The van der Waals surface area contributed by atoms with Gasteiger partial charge in [-0.15, -0.1) is 0 Å². The molecule has 4 nitrogen and oxygen atoms in total. The highest BCUT2D eigenvalue weighted by Gasteiger charge is 2.34. The number of rotatable bonds is 5. The Bertz CT molecular complexity index is 458. The molecule has 1 rings (SSSR count). The molecule has 0 atom stereocenters. The van der Waals surface area contributed by atoms with Crippen LogP contribution in [0.2, 0.25) is 0 Å². The van der Waals surface area contributed by atoms with Gasteiger partial charge in [0.05, 0.1) is 17.7 Å². The minimum absolute atomic E-state index is 0.0636. The Morgan fingerprint density at radius 1 is 1.21 bits per heavy atom. The molecule has 0 aliphatic heterocycles. The molecule has 0 N–H and O–H groups in total. The number of benzene rings is 1. The third kappa shape index (κ3) is 3.76. The van der Waals surface area contributed by atoms with Crippen LogP contribution in [0.4, 0.5) is 4.39 Å². The molecular weight excluding hydrogens is 319 g/mol. The first-order valence-electron chi connectivity index (χ1n) is 5.80. The molecule has 0 bridgehead atoms. The highest BCUT2D eigenvalue weighted by Crippen LogP contribution is 2.27. The maximum atomic E-state index is 14.0. The summed E-state index contributed by atoms with van der Waals surface area (Å²) in [6.07, 6.45) is 0. The quantitative estimate of drug-likeness (QED) is 0.614. The average molecular weight is 333 g/mol. The zero-order chi connectivity index (χ0) is 14.4. The summed E-state index contributed by atoms with van der Waals surface area (Å²) in [6, 6.07) is 4.37. The summed E-state index contributed by atoms with van der Waals surface area (Å²) >= 11 is 3.01. The Kier molecular flexibility index (Phi) is 5.95. The highest BCUT2D eigenvalue weighted by molar-refractivity contribution is 9.10. The third-order valence-corrected chi connectivity index (χ3v) is 2.95. The lowest BCUT2D eigenvalue weighted by atomic mass is 9.99. The molecule has 0 aromatic heterocycles. The van der Waals surface area contributed by atoms with Crippen LogP contribution >= 0.6 is 15.9 Å². The van der Waals surface area contributed by atoms with Crippen LogP contribution in [0.15, 0.2) is 22.7 Å². The van der Waals surface area contributed by atoms with E-state index in [0.29, 0.717) is 0 Å². The third-order valence-electron chi connectivity index (χ3n) is 2.34. The van der Waals surface area contributed by atoms with E-state index in [2.05, 4.69) is 15.9 Å². The van der Waals surface area contributed by atoms with Gasteiger partial charge in [0, 0.05) is 5.56 Å². The van der Waals surface area contributed by atoms with E-state index < -0.39 is 23.7 Å². The zero-order valence-corrected chi connectivity index (χ0v) is 12.2. The van der Waals surface area contributed by atoms with Crippen molar-refractivity contribution in [3.05, 3.63) is 34.1 Å². The first-order valence-corrected chi connectivity index (χ1v) is 6.59. The number of carbonyl (C=O) groups excluding carboxylic acids is 2. The number of hydrogen-bond acceptors (Lipinski definition) is 4. The van der Waals surface area contributed by atoms with E-state index in [1.807, 2.05) is 0 Å². The second-order valence-electron chi connectivity index (χ2n) is 3.58. The fourth-order valence-electron chi connectivity index (χ4n) is 1.54. The van der Waals surface area contributed by atoms with Gasteiger partial charge < -0.3 is 9.47 Å². The first kappa shape index (κ1) is 15.6. The SMILES string of the molecule is CCOC(=O)C(C(=O)OCC)c1cccc(Br)c1F. The van der Waals surface area contributed by atoms with Crippen molar-refractivity contribution in [2.24, 2.45) is 0 Å². The largest absolute Gasteiger partial charge is 0.465 e. The van der Waals surface area contributed by atoms with E-state index in [-0.39, 0.29) is 23.2 Å². The van der Waals surface area contributed by atoms with E-state index in [9.17, 15) is 14.0 Å². The van der Waals surface area contributed by atoms with Gasteiger partial charge in [0.25, 0.3) is 0 Å². The lowest BCUT2D eigenvalue weighted by Gasteiger charge is -2.15. The van der Waals surface area contributed by atoms with Crippen LogP contribution in [0.3, 0.4) is 0 Å². The van der Waals surface area contributed by atoms with Crippen molar-refractivity contribution in [2.75, 3.05) is 13.2 Å². The van der Waals surface area contributed by atoms with Crippen molar-refractivity contribution in [1.82, 2.24) is 0 Å². The van der Waals surface area contributed by atoms with E-state index in [0.717, 1.165) is 0 Å². The van der Waals surface area contributed by atoms with Crippen LogP contribution < -0.4 is 0 Å². The predicted molar refractivity (Wildman–Crippen MR) is 70.1 cm³/mol. The second-order valence-corrected chi connectivity index (χ2v) is 4.43. The maximum Gasteiger partial charge on any atom is 0.324 e. The highest BCUT2D eigenvalue weighted by atomic mass is 79.9. The summed E-state index contributed by atoms with van der Waals surface area (Å²) in [5.41, 5.74) is -0.0636. The molecule has 1 aromatic carbocycles. The molecule has 0 aliphatic carbocycles. The van der Waals surface area contributed by atoms with Crippen molar-refractivity contribution in [1.29, 1.82) is 0 Å². The summed E-state index contributed by atoms with van der Waals surface area (Å²) in [7, 11) is 0. The first-order chi connectivity index (χ1) is 9.02. The van der Waals surface area contributed by atoms with Gasteiger partial charge in [0.2, 0.25) is 0 Å². The van der Waals surface area contributed by atoms with Crippen LogP contribution in [0.1, 0.15) is 25.3 Å². The van der Waals surface area contributed by atoms with Crippen molar-refractivity contribution < 1.29 is 23.5 Å². The molecule has 0 amide bonds. The number of hydrogen-bond donors (Lipinski definition) is 0. The summed E-state index contributed by atoms with van der Waals surface area (Å²) in [6.45, 7) is 3.42. The molecule has 1 aromatic rings. The van der Waals surface area contributed by atoms with Gasteiger partial charge in [-0.3, -0.25) is 9.59 Å². The molecule has 0 spiro atoms. The summed E-state index contributed by atoms with van der Waals surface area (Å²) in [5, 5.41) is 0. The molecule has 6 heteroatoms. The Hall–Kier alpha value is -1.43. The molecule has 0 heterocycles. The molecular formula is C13H14BrFO4. The van der Waals surface area contributed by atoms with E-state index >= 15 is 0 Å². The second kappa shape index (κ2) is 7.23. The molecule has 0 saturated heterocycles.